The van der Waals surface area contributed by atoms with Crippen LogP contribution in [0.25, 0.3) is 11.4 Å². The molecule has 1 atom stereocenters. The molecule has 0 spiro atoms. The molecule has 0 fully saturated rings. The molecule has 0 radical (unpaired) electrons. The fourth-order valence-corrected chi connectivity index (χ4v) is 3.33. The molecule has 1 aromatic heterocycles. The number of alkyl halides is 3. The molecule has 1 amide bonds. The van der Waals surface area contributed by atoms with Crippen LogP contribution in [0.4, 0.5) is 23.2 Å². The zero-order valence-corrected chi connectivity index (χ0v) is 16.8. The van der Waals surface area contributed by atoms with E-state index >= 15 is 0 Å². The molecule has 3 aromatic rings. The zero-order chi connectivity index (χ0) is 22.1. The van der Waals surface area contributed by atoms with Crippen molar-refractivity contribution >= 4 is 35.0 Å². The Kier molecular flexibility index (Phi) is 6.22. The predicted octanol–water partition coefficient (Wildman–Crippen LogP) is 4.59. The quantitative estimate of drug-likeness (QED) is 0.331. The van der Waals surface area contributed by atoms with Crippen LogP contribution >= 0.6 is 23.4 Å². The third-order valence-corrected chi connectivity index (χ3v) is 5.36. The van der Waals surface area contributed by atoms with Crippen molar-refractivity contribution < 1.29 is 22.4 Å². The molecular weight excluding hydrogens is 446 g/mol. The summed E-state index contributed by atoms with van der Waals surface area (Å²) in [5, 5.41) is 9.58. The number of benzene rings is 2. The molecule has 3 rings (SSSR count). The van der Waals surface area contributed by atoms with E-state index in [1.54, 1.807) is 0 Å². The number of anilines is 1. The van der Waals surface area contributed by atoms with E-state index in [0.717, 1.165) is 34.6 Å². The number of nitrogen functional groups attached to an aromatic ring is 1. The second kappa shape index (κ2) is 8.52. The summed E-state index contributed by atoms with van der Waals surface area (Å²) in [5.41, 5.74) is -0.579. The molecule has 0 bridgehead atoms. The van der Waals surface area contributed by atoms with Gasteiger partial charge in [-0.1, -0.05) is 23.4 Å². The van der Waals surface area contributed by atoms with Crippen LogP contribution in [0.1, 0.15) is 12.5 Å². The topological polar surface area (TPSA) is 85.8 Å². The van der Waals surface area contributed by atoms with Crippen LogP contribution in [0.2, 0.25) is 5.02 Å². The first-order valence-corrected chi connectivity index (χ1v) is 9.62. The van der Waals surface area contributed by atoms with Crippen LogP contribution in [0, 0.1) is 5.82 Å². The lowest BCUT2D eigenvalue weighted by Crippen LogP contribution is -2.24. The van der Waals surface area contributed by atoms with Gasteiger partial charge in [-0.25, -0.2) is 9.07 Å². The molecule has 0 aliphatic heterocycles. The third-order valence-electron chi connectivity index (χ3n) is 3.97. The van der Waals surface area contributed by atoms with Gasteiger partial charge in [0.25, 0.3) is 0 Å². The maximum absolute atomic E-state index is 13.1. The van der Waals surface area contributed by atoms with Crippen LogP contribution in [-0.2, 0) is 11.0 Å². The Bertz CT molecular complexity index is 1070. The van der Waals surface area contributed by atoms with E-state index in [9.17, 15) is 22.4 Å². The number of hydrogen-bond acceptors (Lipinski definition) is 5. The van der Waals surface area contributed by atoms with Crippen LogP contribution in [0.3, 0.4) is 0 Å². The Labute approximate surface area is 177 Å². The van der Waals surface area contributed by atoms with Gasteiger partial charge >= 0.3 is 6.18 Å². The lowest BCUT2D eigenvalue weighted by atomic mass is 10.2. The van der Waals surface area contributed by atoms with Gasteiger partial charge in [-0.2, -0.15) is 13.2 Å². The Hall–Kier alpha value is -2.79. The van der Waals surface area contributed by atoms with Crippen LogP contribution in [0.5, 0.6) is 0 Å². The van der Waals surface area contributed by atoms with Crippen molar-refractivity contribution in [1.29, 1.82) is 0 Å². The van der Waals surface area contributed by atoms with Gasteiger partial charge in [0.2, 0.25) is 11.1 Å². The Morgan fingerprint density at radius 3 is 2.50 bits per heavy atom. The van der Waals surface area contributed by atoms with Gasteiger partial charge in [-0.05, 0) is 49.4 Å². The number of rotatable bonds is 5. The number of thioether (sulfide) groups is 1. The lowest BCUT2D eigenvalue weighted by Gasteiger charge is -2.14. The Morgan fingerprint density at radius 1 is 1.20 bits per heavy atom. The minimum atomic E-state index is -4.57. The SMILES string of the molecule is CC(Sc1nnc(-c2ccc(F)cc2)n1N)C(=O)Nc1cc(C(F)(F)F)ccc1Cl. The first-order chi connectivity index (χ1) is 14.1. The molecule has 0 saturated carbocycles. The molecule has 12 heteroatoms. The highest BCUT2D eigenvalue weighted by Crippen LogP contribution is 2.34. The van der Waals surface area contributed by atoms with Gasteiger partial charge in [0.05, 0.1) is 21.5 Å². The summed E-state index contributed by atoms with van der Waals surface area (Å²) >= 11 is 6.85. The number of nitrogens with one attached hydrogen (secondary N) is 1. The third kappa shape index (κ3) is 4.85. The van der Waals surface area contributed by atoms with E-state index in [-0.39, 0.29) is 21.7 Å². The van der Waals surface area contributed by atoms with Crippen molar-refractivity contribution in [2.75, 3.05) is 11.2 Å². The number of amides is 1. The summed E-state index contributed by atoms with van der Waals surface area (Å²) in [6, 6.07) is 8.08. The van der Waals surface area contributed by atoms with Crippen molar-refractivity contribution in [3.8, 4) is 11.4 Å². The van der Waals surface area contributed by atoms with Crippen LogP contribution < -0.4 is 11.2 Å². The largest absolute Gasteiger partial charge is 0.416 e. The van der Waals surface area contributed by atoms with Gasteiger partial charge in [-0.15, -0.1) is 10.2 Å². The summed E-state index contributed by atoms with van der Waals surface area (Å²) in [5.74, 6) is 5.20. The van der Waals surface area contributed by atoms with Gasteiger partial charge in [0, 0.05) is 5.56 Å². The number of halogens is 5. The van der Waals surface area contributed by atoms with Gasteiger partial charge in [0.1, 0.15) is 5.82 Å². The van der Waals surface area contributed by atoms with E-state index in [2.05, 4.69) is 15.5 Å². The molecular formula is C18H14ClF4N5OS. The van der Waals surface area contributed by atoms with E-state index in [4.69, 9.17) is 17.4 Å². The molecule has 0 aliphatic carbocycles. The van der Waals surface area contributed by atoms with Gasteiger partial charge in [0.15, 0.2) is 5.82 Å². The fraction of sp³-hybridized carbons (Fsp3) is 0.167. The number of aromatic nitrogens is 3. The minimum Gasteiger partial charge on any atom is -0.335 e. The zero-order valence-electron chi connectivity index (χ0n) is 15.2. The average Bonchev–Trinajstić information content (AvgIpc) is 3.03. The van der Waals surface area contributed by atoms with E-state index in [0.29, 0.717) is 5.56 Å². The summed E-state index contributed by atoms with van der Waals surface area (Å²) in [7, 11) is 0. The highest BCUT2D eigenvalue weighted by molar-refractivity contribution is 8.00. The number of nitrogens with zero attached hydrogens (tertiary/aromatic N) is 3. The Morgan fingerprint density at radius 2 is 1.87 bits per heavy atom. The predicted molar refractivity (Wildman–Crippen MR) is 106 cm³/mol. The van der Waals surface area contributed by atoms with Gasteiger partial charge in [-0.3, -0.25) is 4.79 Å². The monoisotopic (exact) mass is 459 g/mol. The summed E-state index contributed by atoms with van der Waals surface area (Å²) < 4.78 is 52.8. The smallest absolute Gasteiger partial charge is 0.335 e. The first-order valence-electron chi connectivity index (χ1n) is 8.37. The number of nitrogens with two attached hydrogens (primary N) is 1. The fourth-order valence-electron chi connectivity index (χ4n) is 2.40. The van der Waals surface area contributed by atoms with E-state index < -0.39 is 28.7 Å². The van der Waals surface area contributed by atoms with E-state index in [1.807, 2.05) is 0 Å². The molecule has 1 unspecified atom stereocenters. The average molecular weight is 460 g/mol. The summed E-state index contributed by atoms with van der Waals surface area (Å²) in [4.78, 5) is 12.4. The molecule has 1 heterocycles. The van der Waals surface area contributed by atoms with Crippen molar-refractivity contribution in [1.82, 2.24) is 14.9 Å². The maximum atomic E-state index is 13.1. The normalized spacial score (nSPS) is 12.6. The molecule has 3 N–H and O–H groups in total. The standard InChI is InChI=1S/C18H14ClF4N5OS/c1-9(16(29)25-14-8-11(18(21,22)23)4-7-13(14)19)30-17-27-26-15(28(17)24)10-2-5-12(20)6-3-10/h2-9H,24H2,1H3,(H,25,29). The van der Waals surface area contributed by atoms with Crippen LogP contribution in [-0.4, -0.2) is 26.0 Å². The summed E-state index contributed by atoms with van der Waals surface area (Å²) in [6.07, 6.45) is -4.57. The van der Waals surface area contributed by atoms with Crippen LogP contribution in [0.15, 0.2) is 47.6 Å². The lowest BCUT2D eigenvalue weighted by molar-refractivity contribution is -0.137. The van der Waals surface area contributed by atoms with Crippen molar-refractivity contribution in [2.45, 2.75) is 23.5 Å². The van der Waals surface area contributed by atoms with Crippen molar-refractivity contribution in [2.24, 2.45) is 0 Å². The minimum absolute atomic E-state index is 0.0332. The van der Waals surface area contributed by atoms with Crippen molar-refractivity contribution in [3.05, 3.63) is 58.9 Å². The summed E-state index contributed by atoms with van der Waals surface area (Å²) in [6.45, 7) is 1.52. The number of hydrogen-bond donors (Lipinski definition) is 2. The maximum Gasteiger partial charge on any atom is 0.416 e. The second-order valence-electron chi connectivity index (χ2n) is 6.12. The number of carbonyl (C=O) groups is 1. The molecule has 30 heavy (non-hydrogen) atoms. The highest BCUT2D eigenvalue weighted by atomic mass is 35.5. The number of carbonyl (C=O) groups excluding carboxylic acids is 1. The molecule has 2 aromatic carbocycles. The van der Waals surface area contributed by atoms with Gasteiger partial charge < -0.3 is 11.2 Å². The molecule has 6 nitrogen and oxygen atoms in total. The Balaban J connectivity index is 1.73. The molecule has 0 saturated heterocycles. The molecule has 0 aliphatic rings. The first kappa shape index (κ1) is 21.9. The highest BCUT2D eigenvalue weighted by Gasteiger charge is 2.31. The second-order valence-corrected chi connectivity index (χ2v) is 7.84. The van der Waals surface area contributed by atoms with E-state index in [1.165, 1.54) is 31.2 Å². The molecule has 158 valence electrons. The van der Waals surface area contributed by atoms with Crippen molar-refractivity contribution in [3.63, 3.8) is 0 Å².